The van der Waals surface area contributed by atoms with Crippen molar-refractivity contribution >= 4 is 23.7 Å². The fourth-order valence-corrected chi connectivity index (χ4v) is 2.32. The van der Waals surface area contributed by atoms with E-state index < -0.39 is 17.9 Å². The highest BCUT2D eigenvalue weighted by Crippen LogP contribution is 2.11. The number of carboxylic acids is 3. The van der Waals surface area contributed by atoms with E-state index in [4.69, 9.17) is 15.3 Å². The van der Waals surface area contributed by atoms with Gasteiger partial charge in [-0.2, -0.15) is 0 Å². The molecule has 1 aliphatic heterocycles. The van der Waals surface area contributed by atoms with Gasteiger partial charge >= 0.3 is 17.9 Å². The third-order valence-electron chi connectivity index (χ3n) is 3.63. The summed E-state index contributed by atoms with van der Waals surface area (Å²) in [4.78, 5) is 36.1. The molecule has 0 aromatic heterocycles. The van der Waals surface area contributed by atoms with E-state index in [0.717, 1.165) is 30.6 Å². The van der Waals surface area contributed by atoms with Crippen LogP contribution in [0.2, 0.25) is 0 Å². The average molecular weight is 370 g/mol. The van der Waals surface area contributed by atoms with Crippen LogP contribution in [0.1, 0.15) is 43.6 Å². The van der Waals surface area contributed by atoms with Crippen molar-refractivity contribution in [1.82, 2.24) is 5.32 Å². The number of rotatable bonds is 4. The minimum absolute atomic E-state index is 0.368. The van der Waals surface area contributed by atoms with Crippen LogP contribution in [0, 0.1) is 0 Å². The molecule has 27 heavy (non-hydrogen) atoms. The van der Waals surface area contributed by atoms with Crippen molar-refractivity contribution in [3.05, 3.63) is 70.8 Å². The fourth-order valence-electron chi connectivity index (χ4n) is 2.32. The van der Waals surface area contributed by atoms with Crippen LogP contribution in [0.15, 0.2) is 53.5 Å². The number of benzene rings is 2. The van der Waals surface area contributed by atoms with Crippen molar-refractivity contribution in [2.45, 2.75) is 13.0 Å². The minimum Gasteiger partial charge on any atom is -0.478 e. The third-order valence-corrected chi connectivity index (χ3v) is 3.63. The Hall–Kier alpha value is -3.68. The van der Waals surface area contributed by atoms with Crippen LogP contribution in [-0.4, -0.2) is 51.6 Å². The quantitative estimate of drug-likeness (QED) is 0.647. The number of nitrogens with one attached hydrogen (secondary N) is 1. The van der Waals surface area contributed by atoms with Crippen LogP contribution in [0.4, 0.5) is 0 Å². The topological polar surface area (TPSA) is 136 Å². The first-order valence-corrected chi connectivity index (χ1v) is 7.99. The molecule has 1 unspecified atom stereocenters. The molecule has 0 saturated heterocycles. The van der Waals surface area contributed by atoms with E-state index in [-0.39, 0.29) is 16.7 Å². The molecule has 4 N–H and O–H groups in total. The predicted octanol–water partition coefficient (Wildman–Crippen LogP) is 2.21. The van der Waals surface area contributed by atoms with Crippen molar-refractivity contribution in [2.75, 3.05) is 6.54 Å². The second-order valence-electron chi connectivity index (χ2n) is 5.82. The zero-order valence-electron chi connectivity index (χ0n) is 14.4. The lowest BCUT2D eigenvalue weighted by molar-refractivity contribution is 0.0696. The molecule has 3 rings (SSSR count). The van der Waals surface area contributed by atoms with Gasteiger partial charge in [-0.15, -0.1) is 0 Å². The van der Waals surface area contributed by atoms with Crippen molar-refractivity contribution < 1.29 is 29.7 Å². The normalized spacial score (nSPS) is 15.0. The molecule has 140 valence electrons. The SMILES string of the molecule is CC1CN=C(c2ccccc2)N1.O=C(O)c1cc(C(=O)O)cc(C(=O)O)c1. The Morgan fingerprint density at radius 3 is 1.67 bits per heavy atom. The van der Waals surface area contributed by atoms with Gasteiger partial charge in [0.25, 0.3) is 0 Å². The van der Waals surface area contributed by atoms with Gasteiger partial charge in [0.05, 0.1) is 23.2 Å². The van der Waals surface area contributed by atoms with Crippen LogP contribution in [0.25, 0.3) is 0 Å². The Bertz CT molecular complexity index is 813. The first-order valence-electron chi connectivity index (χ1n) is 7.99. The molecule has 0 radical (unpaired) electrons. The van der Waals surface area contributed by atoms with Gasteiger partial charge in [0.15, 0.2) is 0 Å². The molecule has 0 aliphatic carbocycles. The summed E-state index contributed by atoms with van der Waals surface area (Å²) >= 11 is 0. The van der Waals surface area contributed by atoms with Crippen LogP contribution in [0.5, 0.6) is 0 Å². The fraction of sp³-hybridized carbons (Fsp3) is 0.158. The Labute approximate surface area is 154 Å². The van der Waals surface area contributed by atoms with Gasteiger partial charge < -0.3 is 20.6 Å². The van der Waals surface area contributed by atoms with E-state index in [0.29, 0.717) is 6.04 Å². The summed E-state index contributed by atoms with van der Waals surface area (Å²) in [6, 6.07) is 13.4. The van der Waals surface area contributed by atoms with Crippen molar-refractivity contribution in [3.63, 3.8) is 0 Å². The summed E-state index contributed by atoms with van der Waals surface area (Å²) in [5, 5.41) is 29.2. The average Bonchev–Trinajstić information content (AvgIpc) is 3.09. The van der Waals surface area contributed by atoms with Gasteiger partial charge in [-0.05, 0) is 25.1 Å². The second kappa shape index (κ2) is 8.61. The van der Waals surface area contributed by atoms with Gasteiger partial charge in [-0.1, -0.05) is 30.3 Å². The lowest BCUT2D eigenvalue weighted by Crippen LogP contribution is -2.27. The van der Waals surface area contributed by atoms with E-state index in [1.165, 1.54) is 5.56 Å². The maximum Gasteiger partial charge on any atom is 0.335 e. The molecule has 0 spiro atoms. The lowest BCUT2D eigenvalue weighted by atomic mass is 10.1. The van der Waals surface area contributed by atoms with Crippen LogP contribution >= 0.6 is 0 Å². The highest BCUT2D eigenvalue weighted by atomic mass is 16.4. The van der Waals surface area contributed by atoms with E-state index in [9.17, 15) is 14.4 Å². The molecule has 0 amide bonds. The van der Waals surface area contributed by atoms with Gasteiger partial charge in [-0.3, -0.25) is 4.99 Å². The predicted molar refractivity (Wildman–Crippen MR) is 97.8 cm³/mol. The van der Waals surface area contributed by atoms with E-state index >= 15 is 0 Å². The zero-order chi connectivity index (χ0) is 20.0. The molecule has 0 fully saturated rings. The summed E-state index contributed by atoms with van der Waals surface area (Å²) in [7, 11) is 0. The van der Waals surface area contributed by atoms with Gasteiger partial charge in [0.1, 0.15) is 5.84 Å². The molecule has 1 heterocycles. The number of hydrogen-bond acceptors (Lipinski definition) is 5. The van der Waals surface area contributed by atoms with Crippen molar-refractivity contribution in [1.29, 1.82) is 0 Å². The Morgan fingerprint density at radius 1 is 0.889 bits per heavy atom. The number of hydrogen-bond donors (Lipinski definition) is 4. The van der Waals surface area contributed by atoms with Crippen molar-refractivity contribution in [3.8, 4) is 0 Å². The van der Waals surface area contributed by atoms with Crippen LogP contribution in [-0.2, 0) is 0 Å². The number of carbonyl (C=O) groups is 3. The maximum absolute atomic E-state index is 10.6. The number of carboxylic acid groups (broad SMARTS) is 3. The molecule has 8 nitrogen and oxygen atoms in total. The molecule has 8 heteroatoms. The highest BCUT2D eigenvalue weighted by molar-refractivity contribution is 6.00. The molecular formula is C19H18N2O6. The monoisotopic (exact) mass is 370 g/mol. The number of aromatic carboxylic acids is 3. The molecule has 1 atom stereocenters. The smallest absolute Gasteiger partial charge is 0.335 e. The van der Waals surface area contributed by atoms with E-state index in [2.05, 4.69) is 29.4 Å². The highest BCUT2D eigenvalue weighted by Gasteiger charge is 2.14. The minimum atomic E-state index is -1.37. The summed E-state index contributed by atoms with van der Waals surface area (Å²) in [6.07, 6.45) is 0. The second-order valence-corrected chi connectivity index (χ2v) is 5.82. The number of nitrogens with zero attached hydrogens (tertiary/aromatic N) is 1. The van der Waals surface area contributed by atoms with Crippen LogP contribution in [0.3, 0.4) is 0 Å². The summed E-state index contributed by atoms with van der Waals surface area (Å²) in [5.41, 5.74) is 0.0775. The summed E-state index contributed by atoms with van der Waals surface area (Å²) in [5.74, 6) is -3.09. The Kier molecular flexibility index (Phi) is 6.27. The van der Waals surface area contributed by atoms with E-state index in [1.54, 1.807) is 0 Å². The molecule has 2 aromatic rings. The number of aliphatic imine (C=N–C) groups is 1. The summed E-state index contributed by atoms with van der Waals surface area (Å²) in [6.45, 7) is 3.03. The third kappa shape index (κ3) is 5.40. The first kappa shape index (κ1) is 19.6. The summed E-state index contributed by atoms with van der Waals surface area (Å²) < 4.78 is 0. The Morgan fingerprint density at radius 2 is 1.33 bits per heavy atom. The molecule has 2 aromatic carbocycles. The standard InChI is InChI=1S/C10H12N2.C9H6O6/c1-8-7-11-10(12-8)9-5-3-2-4-6-9;10-7(11)4-1-5(8(12)13)3-6(2-4)9(14)15/h2-6,8H,7H2,1H3,(H,11,12);1-3H,(H,10,11)(H,12,13)(H,14,15). The van der Waals surface area contributed by atoms with Crippen LogP contribution < -0.4 is 5.32 Å². The van der Waals surface area contributed by atoms with Gasteiger partial charge in [-0.25, -0.2) is 14.4 Å². The molecule has 1 aliphatic rings. The Balaban J connectivity index is 0.000000198. The number of amidine groups is 1. The maximum atomic E-state index is 10.6. The largest absolute Gasteiger partial charge is 0.478 e. The van der Waals surface area contributed by atoms with Gasteiger partial charge in [0, 0.05) is 11.6 Å². The van der Waals surface area contributed by atoms with Gasteiger partial charge in [0.2, 0.25) is 0 Å². The lowest BCUT2D eigenvalue weighted by Gasteiger charge is -2.04. The molecular weight excluding hydrogens is 352 g/mol. The zero-order valence-corrected chi connectivity index (χ0v) is 14.4. The first-order chi connectivity index (χ1) is 12.8. The molecule has 0 saturated carbocycles. The molecule has 0 bridgehead atoms. The van der Waals surface area contributed by atoms with Crippen molar-refractivity contribution in [2.24, 2.45) is 4.99 Å². The van der Waals surface area contributed by atoms with E-state index in [1.807, 2.05) is 18.2 Å².